The van der Waals surface area contributed by atoms with E-state index in [1.54, 1.807) is 0 Å². The molecule has 0 saturated carbocycles. The maximum Gasteiger partial charge on any atom is 0.361 e. The maximum atomic E-state index is 6.09. The van der Waals surface area contributed by atoms with Crippen molar-refractivity contribution >= 4 is 8.56 Å². The molecule has 0 aliphatic heterocycles. The zero-order valence-corrected chi connectivity index (χ0v) is 19.3. The third-order valence-corrected chi connectivity index (χ3v) is 7.44. The molecule has 3 heteroatoms. The summed E-state index contributed by atoms with van der Waals surface area (Å²) in [6, 6.07) is 0. The van der Waals surface area contributed by atoms with Gasteiger partial charge in [0.1, 0.15) is 0 Å². The Balaban J connectivity index is 3.48. The highest BCUT2D eigenvalue weighted by Crippen LogP contribution is 2.14. The Morgan fingerprint density at radius 1 is 0.577 bits per heavy atom. The lowest BCUT2D eigenvalue weighted by Gasteiger charge is -2.23. The highest BCUT2D eigenvalue weighted by atomic mass is 28.4. The molecule has 26 heavy (non-hydrogen) atoms. The first-order valence-electron chi connectivity index (χ1n) is 11.6. The minimum atomic E-state index is -2.13. The third kappa shape index (κ3) is 17.3. The fourth-order valence-electron chi connectivity index (χ4n) is 3.18. The molecule has 0 aliphatic carbocycles. The van der Waals surface area contributed by atoms with Gasteiger partial charge in [-0.2, -0.15) is 0 Å². The van der Waals surface area contributed by atoms with E-state index in [0.29, 0.717) is 0 Å². The second-order valence-corrected chi connectivity index (χ2v) is 10.9. The molecule has 0 radical (unpaired) electrons. The lowest BCUT2D eigenvalue weighted by molar-refractivity contribution is 0.177. The second kappa shape index (κ2) is 19.6. The average molecular weight is 385 g/mol. The van der Waals surface area contributed by atoms with E-state index in [-0.39, 0.29) is 0 Å². The minimum Gasteiger partial charge on any atom is -0.391 e. The van der Waals surface area contributed by atoms with Crippen LogP contribution in [0.15, 0.2) is 12.3 Å². The van der Waals surface area contributed by atoms with Gasteiger partial charge < -0.3 is 8.85 Å². The maximum absolute atomic E-state index is 6.09. The van der Waals surface area contributed by atoms with Gasteiger partial charge >= 0.3 is 8.56 Å². The van der Waals surface area contributed by atoms with Crippen molar-refractivity contribution in [2.24, 2.45) is 0 Å². The lowest BCUT2D eigenvalue weighted by atomic mass is 10.1. The molecule has 0 aromatic rings. The Morgan fingerprint density at radius 2 is 0.885 bits per heavy atom. The van der Waals surface area contributed by atoms with Crippen LogP contribution in [0, 0.1) is 0 Å². The van der Waals surface area contributed by atoms with Gasteiger partial charge in [-0.05, 0) is 25.1 Å². The molecule has 156 valence electrons. The van der Waals surface area contributed by atoms with E-state index in [2.05, 4.69) is 27.0 Å². The third-order valence-electron chi connectivity index (χ3n) is 5.14. The lowest BCUT2D eigenvalue weighted by Crippen LogP contribution is -2.37. The van der Waals surface area contributed by atoms with Crippen molar-refractivity contribution in [1.82, 2.24) is 0 Å². The van der Waals surface area contributed by atoms with Gasteiger partial charge in [0.05, 0.1) is 0 Å². The molecule has 1 unspecified atom stereocenters. The van der Waals surface area contributed by atoms with Crippen LogP contribution < -0.4 is 0 Å². The van der Waals surface area contributed by atoms with Crippen LogP contribution in [0.4, 0.5) is 0 Å². The molecule has 0 heterocycles. The van der Waals surface area contributed by atoms with Crippen molar-refractivity contribution in [3.63, 3.8) is 0 Å². The summed E-state index contributed by atoms with van der Waals surface area (Å²) in [5, 5.41) is 0. The Labute approximate surface area is 166 Å². The molecule has 0 spiro atoms. The van der Waals surface area contributed by atoms with Gasteiger partial charge in [-0.3, -0.25) is 0 Å². The first kappa shape index (κ1) is 25.9. The summed E-state index contributed by atoms with van der Waals surface area (Å²) in [4.78, 5) is 0. The molecule has 1 atom stereocenters. The van der Waals surface area contributed by atoms with E-state index in [1.807, 2.05) is 5.70 Å². The fraction of sp³-hybridized carbons (Fsp3) is 0.913. The largest absolute Gasteiger partial charge is 0.391 e. The quantitative estimate of drug-likeness (QED) is 0.147. The molecule has 0 aliphatic rings. The van der Waals surface area contributed by atoms with Gasteiger partial charge in [-0.25, -0.2) is 0 Å². The van der Waals surface area contributed by atoms with Crippen molar-refractivity contribution in [1.29, 1.82) is 0 Å². The zero-order valence-electron chi connectivity index (χ0n) is 18.3. The highest BCUT2D eigenvalue weighted by molar-refractivity contribution is 6.71. The molecule has 0 fully saturated rings. The summed E-state index contributed by atoms with van der Waals surface area (Å²) in [6.07, 6.45) is 21.4. The Hall–Kier alpha value is -0.123. The number of unbranched alkanes of at least 4 members (excludes halogenated alkanes) is 14. The van der Waals surface area contributed by atoms with Crippen LogP contribution in [0.3, 0.4) is 0 Å². The van der Waals surface area contributed by atoms with E-state index in [1.165, 1.54) is 89.9 Å². The summed E-state index contributed by atoms with van der Waals surface area (Å²) >= 11 is 0. The SMILES string of the molecule is C=C[Si](C)(OCCCCCCCC)OCCCCCCCCCCCC. The summed E-state index contributed by atoms with van der Waals surface area (Å²) in [5.41, 5.74) is 1.94. The smallest absolute Gasteiger partial charge is 0.361 e. The van der Waals surface area contributed by atoms with Crippen LogP contribution >= 0.6 is 0 Å². The Bertz CT molecular complexity index is 296. The molecular weight excluding hydrogens is 336 g/mol. The minimum absolute atomic E-state index is 0.832. The predicted octanol–water partition coefficient (Wildman–Crippen LogP) is 8.10. The van der Waals surface area contributed by atoms with Gasteiger partial charge in [0.2, 0.25) is 0 Å². The van der Waals surface area contributed by atoms with E-state index in [9.17, 15) is 0 Å². The number of hydrogen-bond acceptors (Lipinski definition) is 2. The van der Waals surface area contributed by atoms with Crippen molar-refractivity contribution in [2.75, 3.05) is 13.2 Å². The van der Waals surface area contributed by atoms with Gasteiger partial charge in [-0.1, -0.05) is 104 Å². The van der Waals surface area contributed by atoms with E-state index < -0.39 is 8.56 Å². The normalized spacial score (nSPS) is 13.7. The molecule has 0 N–H and O–H groups in total. The van der Waals surface area contributed by atoms with Crippen LogP contribution in [0.25, 0.3) is 0 Å². The van der Waals surface area contributed by atoms with Gasteiger partial charge in [0.25, 0.3) is 0 Å². The van der Waals surface area contributed by atoms with Crippen LogP contribution in [0.5, 0.6) is 0 Å². The van der Waals surface area contributed by atoms with Crippen molar-refractivity contribution in [3.8, 4) is 0 Å². The predicted molar refractivity (Wildman–Crippen MR) is 119 cm³/mol. The van der Waals surface area contributed by atoms with Gasteiger partial charge in [0, 0.05) is 13.2 Å². The standard InChI is InChI=1S/C23H48O2Si/c1-5-8-10-12-14-15-16-17-19-21-23-25-26(4,7-3)24-22-20-18-13-11-9-6-2/h7H,3,5-6,8-23H2,1-2,4H3. The van der Waals surface area contributed by atoms with Gasteiger partial charge in [0.15, 0.2) is 0 Å². The molecule has 0 amide bonds. The number of hydrogen-bond donors (Lipinski definition) is 0. The topological polar surface area (TPSA) is 18.5 Å². The van der Waals surface area contributed by atoms with Crippen LogP contribution in [0.2, 0.25) is 6.55 Å². The fourth-order valence-corrected chi connectivity index (χ4v) is 4.60. The van der Waals surface area contributed by atoms with Crippen molar-refractivity contribution in [3.05, 3.63) is 12.3 Å². The average Bonchev–Trinajstić information content (AvgIpc) is 2.65. The summed E-state index contributed by atoms with van der Waals surface area (Å²) in [6.45, 7) is 12.3. The van der Waals surface area contributed by atoms with Crippen molar-refractivity contribution < 1.29 is 8.85 Å². The summed E-state index contributed by atoms with van der Waals surface area (Å²) in [7, 11) is -2.13. The first-order valence-corrected chi connectivity index (χ1v) is 14.0. The monoisotopic (exact) mass is 384 g/mol. The van der Waals surface area contributed by atoms with Crippen LogP contribution in [0.1, 0.15) is 117 Å². The molecule has 0 rings (SSSR count). The zero-order chi connectivity index (χ0) is 19.3. The molecule has 0 aromatic carbocycles. The molecule has 0 bridgehead atoms. The molecular formula is C23H48O2Si. The molecule has 0 saturated heterocycles. The molecule has 0 aromatic heterocycles. The van der Waals surface area contributed by atoms with E-state index in [4.69, 9.17) is 8.85 Å². The first-order chi connectivity index (χ1) is 12.7. The summed E-state index contributed by atoms with van der Waals surface area (Å²) < 4.78 is 12.2. The Kier molecular flexibility index (Phi) is 19.5. The van der Waals surface area contributed by atoms with Crippen molar-refractivity contribution in [2.45, 2.75) is 123 Å². The van der Waals surface area contributed by atoms with Crippen LogP contribution in [-0.4, -0.2) is 21.8 Å². The van der Waals surface area contributed by atoms with Gasteiger partial charge in [-0.15, -0.1) is 6.58 Å². The Morgan fingerprint density at radius 3 is 1.19 bits per heavy atom. The van der Waals surface area contributed by atoms with Crippen LogP contribution in [-0.2, 0) is 8.85 Å². The number of rotatable bonds is 21. The second-order valence-electron chi connectivity index (χ2n) is 7.87. The summed E-state index contributed by atoms with van der Waals surface area (Å²) in [5.74, 6) is 0. The van der Waals surface area contributed by atoms with E-state index in [0.717, 1.165) is 26.1 Å². The molecule has 2 nitrogen and oxygen atoms in total. The van der Waals surface area contributed by atoms with E-state index >= 15 is 0 Å². The highest BCUT2D eigenvalue weighted by Gasteiger charge is 2.26.